The molecular formula is C26H24N4O. The van der Waals surface area contributed by atoms with Crippen LogP contribution in [0.4, 0.5) is 0 Å². The third-order valence-corrected chi connectivity index (χ3v) is 5.46. The van der Waals surface area contributed by atoms with Crippen LogP contribution in [-0.2, 0) is 13.0 Å². The van der Waals surface area contributed by atoms with Crippen molar-refractivity contribution < 1.29 is 0 Å². The van der Waals surface area contributed by atoms with Gasteiger partial charge in [0, 0.05) is 18.2 Å². The van der Waals surface area contributed by atoms with Gasteiger partial charge in [0.2, 0.25) is 0 Å². The molecule has 2 aromatic carbocycles. The van der Waals surface area contributed by atoms with E-state index in [2.05, 4.69) is 18.0 Å². The highest BCUT2D eigenvalue weighted by molar-refractivity contribution is 5.78. The number of nitrogens with zero attached hydrogens (tertiary/aromatic N) is 4. The summed E-state index contributed by atoms with van der Waals surface area (Å²) < 4.78 is 1.80. The highest BCUT2D eigenvalue weighted by Gasteiger charge is 2.12. The molecule has 0 fully saturated rings. The van der Waals surface area contributed by atoms with Gasteiger partial charge in [-0.15, -0.1) is 0 Å². The maximum atomic E-state index is 13.3. The summed E-state index contributed by atoms with van der Waals surface area (Å²) in [5, 5.41) is 9.97. The van der Waals surface area contributed by atoms with Crippen LogP contribution in [0.3, 0.4) is 0 Å². The Kier molecular flexibility index (Phi) is 5.90. The summed E-state index contributed by atoms with van der Waals surface area (Å²) in [4.78, 5) is 22.3. The lowest BCUT2D eigenvalue weighted by Crippen LogP contribution is -2.26. The lowest BCUT2D eigenvalue weighted by Gasteiger charge is -2.14. The standard InChI is InChI=1S/C26H24N4O/c1-3-4-7-25-29-23-13-8-18(2)15-22(23)26(31)30(25)17-19-9-11-20(12-10-19)21-6-5-14-28-24(21)16-27/h5-6,8-15H,3-4,7,17H2,1-2H3. The zero-order valence-electron chi connectivity index (χ0n) is 17.8. The van der Waals surface area contributed by atoms with E-state index in [-0.39, 0.29) is 5.56 Å². The van der Waals surface area contributed by atoms with Crippen molar-refractivity contribution in [2.75, 3.05) is 0 Å². The number of unbranched alkanes of at least 4 members (excludes halogenated alkanes) is 1. The average Bonchev–Trinajstić information content (AvgIpc) is 2.80. The first-order valence-electron chi connectivity index (χ1n) is 10.5. The fourth-order valence-corrected chi connectivity index (χ4v) is 3.77. The summed E-state index contributed by atoms with van der Waals surface area (Å²) in [5.41, 5.74) is 4.96. The molecule has 2 heterocycles. The zero-order valence-corrected chi connectivity index (χ0v) is 17.8. The van der Waals surface area contributed by atoms with E-state index < -0.39 is 0 Å². The van der Waals surface area contributed by atoms with Crippen LogP contribution in [0.2, 0.25) is 0 Å². The Balaban J connectivity index is 1.73. The molecule has 4 aromatic rings. The van der Waals surface area contributed by atoms with Gasteiger partial charge in [-0.1, -0.05) is 49.2 Å². The minimum absolute atomic E-state index is 0.00269. The molecule has 0 radical (unpaired) electrons. The second-order valence-corrected chi connectivity index (χ2v) is 7.75. The van der Waals surface area contributed by atoms with Gasteiger partial charge in [0.1, 0.15) is 17.6 Å². The smallest absolute Gasteiger partial charge is 0.261 e. The van der Waals surface area contributed by atoms with E-state index in [1.54, 1.807) is 10.8 Å². The Morgan fingerprint density at radius 1 is 1.10 bits per heavy atom. The number of fused-ring (bicyclic) bond motifs is 1. The molecule has 0 atom stereocenters. The monoisotopic (exact) mass is 408 g/mol. The second kappa shape index (κ2) is 8.93. The normalized spacial score (nSPS) is 10.9. The van der Waals surface area contributed by atoms with E-state index in [0.29, 0.717) is 17.6 Å². The first-order chi connectivity index (χ1) is 15.1. The van der Waals surface area contributed by atoms with Crippen LogP contribution >= 0.6 is 0 Å². The van der Waals surface area contributed by atoms with Gasteiger partial charge in [-0.05, 0) is 48.7 Å². The van der Waals surface area contributed by atoms with Crippen molar-refractivity contribution in [3.8, 4) is 17.2 Å². The molecule has 2 aromatic heterocycles. The lowest BCUT2D eigenvalue weighted by atomic mass is 10.0. The number of hydrogen-bond acceptors (Lipinski definition) is 4. The minimum atomic E-state index is 0.00269. The highest BCUT2D eigenvalue weighted by atomic mass is 16.1. The third-order valence-electron chi connectivity index (χ3n) is 5.46. The number of pyridine rings is 1. The van der Waals surface area contributed by atoms with Crippen LogP contribution in [0.25, 0.3) is 22.0 Å². The molecule has 0 bridgehead atoms. The lowest BCUT2D eigenvalue weighted by molar-refractivity contribution is 0.646. The van der Waals surface area contributed by atoms with Crippen molar-refractivity contribution in [1.29, 1.82) is 5.26 Å². The van der Waals surface area contributed by atoms with Gasteiger partial charge in [-0.2, -0.15) is 5.26 Å². The Hall–Kier alpha value is -3.78. The number of nitriles is 1. The van der Waals surface area contributed by atoms with Gasteiger partial charge in [0.05, 0.1) is 17.4 Å². The Labute approximate surface area is 181 Å². The summed E-state index contributed by atoms with van der Waals surface area (Å²) in [6, 6.07) is 19.7. The molecule has 4 rings (SSSR count). The van der Waals surface area contributed by atoms with Crippen LogP contribution in [0, 0.1) is 18.3 Å². The molecule has 0 aliphatic rings. The molecule has 154 valence electrons. The average molecular weight is 409 g/mol. The molecule has 0 saturated carbocycles. The second-order valence-electron chi connectivity index (χ2n) is 7.75. The first-order valence-corrected chi connectivity index (χ1v) is 10.5. The van der Waals surface area contributed by atoms with E-state index in [1.807, 2.05) is 61.5 Å². The highest BCUT2D eigenvalue weighted by Crippen LogP contribution is 2.22. The zero-order chi connectivity index (χ0) is 21.8. The summed E-state index contributed by atoms with van der Waals surface area (Å²) >= 11 is 0. The van der Waals surface area contributed by atoms with Gasteiger partial charge >= 0.3 is 0 Å². The number of benzene rings is 2. The van der Waals surface area contributed by atoms with Crippen molar-refractivity contribution >= 4 is 10.9 Å². The van der Waals surface area contributed by atoms with E-state index in [1.165, 1.54) is 0 Å². The number of aromatic nitrogens is 3. The quantitative estimate of drug-likeness (QED) is 0.449. The van der Waals surface area contributed by atoms with Crippen molar-refractivity contribution in [2.24, 2.45) is 0 Å². The maximum Gasteiger partial charge on any atom is 0.261 e. The number of rotatable bonds is 6. The van der Waals surface area contributed by atoms with E-state index in [9.17, 15) is 10.1 Å². The Morgan fingerprint density at radius 3 is 2.65 bits per heavy atom. The predicted octanol–water partition coefficient (Wildman–Crippen LogP) is 5.03. The summed E-state index contributed by atoms with van der Waals surface area (Å²) in [5.74, 6) is 0.825. The summed E-state index contributed by atoms with van der Waals surface area (Å²) in [7, 11) is 0. The fraction of sp³-hybridized carbons (Fsp3) is 0.231. The van der Waals surface area contributed by atoms with Crippen LogP contribution in [-0.4, -0.2) is 14.5 Å². The summed E-state index contributed by atoms with van der Waals surface area (Å²) in [6.45, 7) is 4.59. The molecule has 0 N–H and O–H groups in total. The molecule has 0 aliphatic carbocycles. The van der Waals surface area contributed by atoms with Crippen molar-refractivity contribution in [3.05, 3.63) is 93.8 Å². The first kappa shape index (κ1) is 20.5. The van der Waals surface area contributed by atoms with Gasteiger partial charge in [-0.3, -0.25) is 9.36 Å². The van der Waals surface area contributed by atoms with Gasteiger partial charge < -0.3 is 0 Å². The largest absolute Gasteiger partial charge is 0.292 e. The minimum Gasteiger partial charge on any atom is -0.292 e. The number of hydrogen-bond donors (Lipinski definition) is 0. The SMILES string of the molecule is CCCCc1nc2ccc(C)cc2c(=O)n1Cc1ccc(-c2cccnc2C#N)cc1. The predicted molar refractivity (Wildman–Crippen MR) is 123 cm³/mol. The molecule has 5 heteroatoms. The van der Waals surface area contributed by atoms with Crippen LogP contribution in [0.1, 0.15) is 42.4 Å². The Bertz CT molecular complexity index is 1330. The topological polar surface area (TPSA) is 71.6 Å². The molecule has 0 aliphatic heterocycles. The van der Waals surface area contributed by atoms with Crippen molar-refractivity contribution in [1.82, 2.24) is 14.5 Å². The van der Waals surface area contributed by atoms with E-state index in [0.717, 1.165) is 52.9 Å². The van der Waals surface area contributed by atoms with E-state index in [4.69, 9.17) is 4.98 Å². The van der Waals surface area contributed by atoms with E-state index >= 15 is 0 Å². The third kappa shape index (κ3) is 4.24. The molecular weight excluding hydrogens is 384 g/mol. The molecule has 5 nitrogen and oxygen atoms in total. The van der Waals surface area contributed by atoms with Crippen LogP contribution < -0.4 is 5.56 Å². The van der Waals surface area contributed by atoms with Crippen molar-refractivity contribution in [3.63, 3.8) is 0 Å². The van der Waals surface area contributed by atoms with Crippen LogP contribution in [0.5, 0.6) is 0 Å². The maximum absolute atomic E-state index is 13.3. The van der Waals surface area contributed by atoms with Gasteiger partial charge in [0.25, 0.3) is 5.56 Å². The molecule has 0 unspecified atom stereocenters. The molecule has 0 saturated heterocycles. The molecule has 0 spiro atoms. The van der Waals surface area contributed by atoms with Crippen LogP contribution in [0.15, 0.2) is 65.6 Å². The fourth-order valence-electron chi connectivity index (χ4n) is 3.77. The Morgan fingerprint density at radius 2 is 1.90 bits per heavy atom. The van der Waals surface area contributed by atoms with Crippen molar-refractivity contribution in [2.45, 2.75) is 39.7 Å². The molecule has 0 amide bonds. The van der Waals surface area contributed by atoms with Gasteiger partial charge in [0.15, 0.2) is 0 Å². The molecule has 31 heavy (non-hydrogen) atoms. The number of aryl methyl sites for hydroxylation is 2. The van der Waals surface area contributed by atoms with Gasteiger partial charge in [-0.25, -0.2) is 9.97 Å². The summed E-state index contributed by atoms with van der Waals surface area (Å²) in [6.07, 6.45) is 4.42.